The van der Waals surface area contributed by atoms with Gasteiger partial charge in [-0.2, -0.15) is 18.2 Å². The topological polar surface area (TPSA) is 47.0 Å². The van der Waals surface area contributed by atoms with Crippen LogP contribution in [-0.4, -0.2) is 23.6 Å². The summed E-state index contributed by atoms with van der Waals surface area (Å²) in [6, 6.07) is 1.28. The fraction of sp³-hybridized carbons (Fsp3) is 0.333. The van der Waals surface area contributed by atoms with Gasteiger partial charge in [-0.25, -0.2) is 4.98 Å². The highest BCUT2D eigenvalue weighted by Gasteiger charge is 2.35. The lowest BCUT2D eigenvalue weighted by molar-refractivity contribution is -0.145. The highest BCUT2D eigenvalue weighted by Crippen LogP contribution is 2.28. The highest BCUT2D eigenvalue weighted by atomic mass is 19.4. The van der Waals surface area contributed by atoms with Gasteiger partial charge in [0.25, 0.3) is 0 Å². The van der Waals surface area contributed by atoms with Crippen LogP contribution in [0, 0.1) is 0 Å². The quantitative estimate of drug-likeness (QED) is 0.809. The Kier molecular flexibility index (Phi) is 3.70. The summed E-state index contributed by atoms with van der Waals surface area (Å²) < 4.78 is 42.1. The molecule has 0 aliphatic rings. The van der Waals surface area contributed by atoms with Gasteiger partial charge in [0.1, 0.15) is 12.4 Å². The van der Waals surface area contributed by atoms with Gasteiger partial charge in [-0.1, -0.05) is 12.7 Å². The van der Waals surface area contributed by atoms with E-state index in [9.17, 15) is 13.2 Å². The molecule has 88 valence electrons. The number of hydrogen-bond donors (Lipinski definition) is 1. The van der Waals surface area contributed by atoms with Crippen molar-refractivity contribution in [3.8, 4) is 5.88 Å². The molecule has 1 rings (SSSR count). The lowest BCUT2D eigenvalue weighted by Crippen LogP contribution is -2.13. The van der Waals surface area contributed by atoms with Gasteiger partial charge in [0, 0.05) is 13.1 Å². The third kappa shape index (κ3) is 3.11. The molecule has 0 amide bonds. The summed E-state index contributed by atoms with van der Waals surface area (Å²) in [6.07, 6.45) is -3.19. The van der Waals surface area contributed by atoms with E-state index in [4.69, 9.17) is 4.74 Å². The van der Waals surface area contributed by atoms with E-state index in [-0.39, 0.29) is 18.3 Å². The van der Waals surface area contributed by atoms with Crippen molar-refractivity contribution in [1.82, 2.24) is 9.97 Å². The molecule has 1 aromatic heterocycles. The molecule has 0 radical (unpaired) electrons. The predicted octanol–water partition coefficient (Wildman–Crippen LogP) is 2.10. The second-order valence-corrected chi connectivity index (χ2v) is 2.76. The van der Waals surface area contributed by atoms with Gasteiger partial charge in [0.05, 0.1) is 0 Å². The van der Waals surface area contributed by atoms with Gasteiger partial charge in [-0.05, 0) is 0 Å². The van der Waals surface area contributed by atoms with Crippen molar-refractivity contribution in [3.05, 3.63) is 24.5 Å². The molecule has 0 aliphatic heterocycles. The first-order valence-electron chi connectivity index (χ1n) is 4.35. The van der Waals surface area contributed by atoms with Crippen LogP contribution in [0.4, 0.5) is 19.0 Å². The van der Waals surface area contributed by atoms with Crippen molar-refractivity contribution >= 4 is 5.82 Å². The normalized spacial score (nSPS) is 11.0. The highest BCUT2D eigenvalue weighted by molar-refractivity contribution is 5.38. The molecule has 0 bridgehead atoms. The largest absolute Gasteiger partial charge is 0.473 e. The lowest BCUT2D eigenvalue weighted by Gasteiger charge is -2.09. The predicted molar refractivity (Wildman–Crippen MR) is 52.3 cm³/mol. The second kappa shape index (κ2) is 4.82. The van der Waals surface area contributed by atoms with Crippen LogP contribution in [0.2, 0.25) is 0 Å². The second-order valence-electron chi connectivity index (χ2n) is 2.76. The zero-order chi connectivity index (χ0) is 12.2. The first-order valence-corrected chi connectivity index (χ1v) is 4.35. The Morgan fingerprint density at radius 1 is 1.50 bits per heavy atom. The van der Waals surface area contributed by atoms with E-state index in [2.05, 4.69) is 21.9 Å². The van der Waals surface area contributed by atoms with Crippen molar-refractivity contribution in [2.24, 2.45) is 0 Å². The maximum absolute atomic E-state index is 12.4. The van der Waals surface area contributed by atoms with Crippen molar-refractivity contribution < 1.29 is 17.9 Å². The minimum atomic E-state index is -4.60. The van der Waals surface area contributed by atoms with Crippen LogP contribution in [0.5, 0.6) is 5.88 Å². The molecule has 0 saturated carbocycles. The Morgan fingerprint density at radius 2 is 2.19 bits per heavy atom. The molecule has 4 nitrogen and oxygen atoms in total. The summed E-state index contributed by atoms with van der Waals surface area (Å²) in [4.78, 5) is 6.52. The van der Waals surface area contributed by atoms with Gasteiger partial charge in [-0.15, -0.1) is 0 Å². The number of nitrogens with zero attached hydrogens (tertiary/aromatic N) is 2. The number of aromatic nitrogens is 2. The van der Waals surface area contributed by atoms with Crippen LogP contribution in [0.25, 0.3) is 0 Å². The van der Waals surface area contributed by atoms with E-state index < -0.39 is 12.0 Å². The molecule has 0 fully saturated rings. The molecule has 0 saturated heterocycles. The molecule has 1 N–H and O–H groups in total. The van der Waals surface area contributed by atoms with Gasteiger partial charge in [0.2, 0.25) is 11.7 Å². The number of halogens is 3. The first kappa shape index (κ1) is 12.3. The zero-order valence-electron chi connectivity index (χ0n) is 8.51. The Labute approximate surface area is 90.2 Å². The van der Waals surface area contributed by atoms with Gasteiger partial charge < -0.3 is 10.1 Å². The Bertz CT molecular complexity index is 379. The fourth-order valence-electron chi connectivity index (χ4n) is 0.898. The number of anilines is 1. The molecule has 0 spiro atoms. The summed E-state index contributed by atoms with van der Waals surface area (Å²) in [5.74, 6) is -1.34. The van der Waals surface area contributed by atoms with Crippen molar-refractivity contribution in [2.75, 3.05) is 19.0 Å². The summed E-state index contributed by atoms with van der Waals surface area (Å²) >= 11 is 0. The van der Waals surface area contributed by atoms with E-state index in [0.29, 0.717) is 0 Å². The van der Waals surface area contributed by atoms with Crippen molar-refractivity contribution in [2.45, 2.75) is 6.18 Å². The standard InChI is InChI=1S/C9H10F3N3O/c1-3-4-16-7-5-6(13-2)14-8(15-7)9(10,11)12/h3,5H,1,4H2,2H3,(H,13,14,15). The average molecular weight is 233 g/mol. The maximum atomic E-state index is 12.4. The molecular weight excluding hydrogens is 223 g/mol. The number of hydrogen-bond acceptors (Lipinski definition) is 4. The monoisotopic (exact) mass is 233 g/mol. The minimum absolute atomic E-state index is 0.0430. The minimum Gasteiger partial charge on any atom is -0.473 e. The van der Waals surface area contributed by atoms with Gasteiger partial charge >= 0.3 is 6.18 Å². The van der Waals surface area contributed by atoms with Crippen LogP contribution >= 0.6 is 0 Å². The third-order valence-corrected chi connectivity index (χ3v) is 1.56. The molecular formula is C9H10F3N3O. The van der Waals surface area contributed by atoms with E-state index >= 15 is 0 Å². The summed E-state index contributed by atoms with van der Waals surface area (Å²) in [7, 11) is 1.46. The molecule has 0 atom stereocenters. The average Bonchev–Trinajstić information content (AvgIpc) is 2.24. The molecule has 16 heavy (non-hydrogen) atoms. The van der Waals surface area contributed by atoms with E-state index in [1.54, 1.807) is 0 Å². The number of alkyl halides is 3. The first-order chi connectivity index (χ1) is 7.47. The van der Waals surface area contributed by atoms with E-state index in [1.807, 2.05) is 0 Å². The summed E-state index contributed by atoms with van der Waals surface area (Å²) in [5, 5.41) is 2.50. The molecule has 1 aromatic rings. The molecule has 0 aliphatic carbocycles. The van der Waals surface area contributed by atoms with E-state index in [1.165, 1.54) is 19.2 Å². The zero-order valence-corrected chi connectivity index (χ0v) is 8.51. The Balaban J connectivity index is 3.05. The van der Waals surface area contributed by atoms with Crippen molar-refractivity contribution in [3.63, 3.8) is 0 Å². The van der Waals surface area contributed by atoms with Crippen LogP contribution in [0.15, 0.2) is 18.7 Å². The van der Waals surface area contributed by atoms with Crippen LogP contribution < -0.4 is 10.1 Å². The van der Waals surface area contributed by atoms with Crippen molar-refractivity contribution in [1.29, 1.82) is 0 Å². The SMILES string of the molecule is C=CCOc1cc(NC)nc(C(F)(F)F)n1. The van der Waals surface area contributed by atoms with Crippen LogP contribution in [0.1, 0.15) is 5.82 Å². The molecule has 1 heterocycles. The van der Waals surface area contributed by atoms with E-state index in [0.717, 1.165) is 0 Å². The smallest absolute Gasteiger partial charge is 0.451 e. The van der Waals surface area contributed by atoms with Crippen LogP contribution in [-0.2, 0) is 6.18 Å². The number of rotatable bonds is 4. The Hall–Kier alpha value is -1.79. The lowest BCUT2D eigenvalue weighted by atomic mass is 10.5. The number of ether oxygens (including phenoxy) is 1. The Morgan fingerprint density at radius 3 is 2.69 bits per heavy atom. The third-order valence-electron chi connectivity index (χ3n) is 1.56. The fourth-order valence-corrected chi connectivity index (χ4v) is 0.898. The molecule has 0 aromatic carbocycles. The van der Waals surface area contributed by atoms with Crippen LogP contribution in [0.3, 0.4) is 0 Å². The molecule has 7 heteroatoms. The molecule has 0 unspecified atom stereocenters. The summed E-state index contributed by atoms with van der Waals surface area (Å²) in [5.41, 5.74) is 0. The van der Waals surface area contributed by atoms with Gasteiger partial charge in [-0.3, -0.25) is 0 Å². The maximum Gasteiger partial charge on any atom is 0.451 e. The summed E-state index contributed by atoms with van der Waals surface area (Å²) in [6.45, 7) is 3.46. The van der Waals surface area contributed by atoms with Gasteiger partial charge in [0.15, 0.2) is 0 Å². The number of nitrogens with one attached hydrogen (secondary N) is 1.